The lowest BCUT2D eigenvalue weighted by Gasteiger charge is -2.18. The van der Waals surface area contributed by atoms with Crippen LogP contribution in [-0.2, 0) is 6.42 Å². The van der Waals surface area contributed by atoms with Crippen LogP contribution in [0.25, 0.3) is 0 Å². The molecule has 2 N–H and O–H groups in total. The Morgan fingerprint density at radius 3 is 2.76 bits per heavy atom. The standard InChI is InChI=1S/C14H20N2O/c1-14(2,3)13(15)16-9-11-8-10-6-4-5-7-12(10)17-11/h4-7,11H,8-9H2,1-3H3,(H2,15,16). The van der Waals surface area contributed by atoms with Gasteiger partial charge >= 0.3 is 0 Å². The molecule has 1 aromatic rings. The van der Waals surface area contributed by atoms with E-state index in [0.29, 0.717) is 12.4 Å². The monoisotopic (exact) mass is 232 g/mol. The van der Waals surface area contributed by atoms with Crippen LogP contribution in [-0.4, -0.2) is 18.5 Å². The minimum atomic E-state index is -0.0640. The second-order valence-electron chi connectivity index (χ2n) is 5.53. The molecule has 1 aliphatic heterocycles. The van der Waals surface area contributed by atoms with E-state index in [1.165, 1.54) is 5.56 Å². The average molecular weight is 232 g/mol. The van der Waals surface area contributed by atoms with Gasteiger partial charge in [-0.15, -0.1) is 0 Å². The molecule has 0 aromatic heterocycles. The highest BCUT2D eigenvalue weighted by molar-refractivity contribution is 5.85. The van der Waals surface area contributed by atoms with Gasteiger partial charge in [0, 0.05) is 11.8 Å². The Balaban J connectivity index is 1.97. The molecular formula is C14H20N2O. The molecule has 0 saturated carbocycles. The number of ether oxygens (including phenoxy) is 1. The third-order valence-corrected chi connectivity index (χ3v) is 2.95. The van der Waals surface area contributed by atoms with Gasteiger partial charge in [-0.2, -0.15) is 0 Å². The fourth-order valence-corrected chi connectivity index (χ4v) is 1.79. The van der Waals surface area contributed by atoms with Gasteiger partial charge in [-0.3, -0.25) is 4.99 Å². The van der Waals surface area contributed by atoms with Gasteiger partial charge in [0.15, 0.2) is 0 Å². The Kier molecular flexibility index (Phi) is 3.09. The molecule has 92 valence electrons. The summed E-state index contributed by atoms with van der Waals surface area (Å²) in [4.78, 5) is 4.43. The van der Waals surface area contributed by atoms with Gasteiger partial charge < -0.3 is 10.5 Å². The second kappa shape index (κ2) is 4.40. The molecule has 1 unspecified atom stereocenters. The Morgan fingerprint density at radius 2 is 2.12 bits per heavy atom. The zero-order valence-corrected chi connectivity index (χ0v) is 10.7. The van der Waals surface area contributed by atoms with Crippen LogP contribution < -0.4 is 10.5 Å². The number of nitrogens with two attached hydrogens (primary N) is 1. The van der Waals surface area contributed by atoms with E-state index >= 15 is 0 Å². The molecule has 0 fully saturated rings. The molecule has 0 spiro atoms. The van der Waals surface area contributed by atoms with E-state index in [1.54, 1.807) is 0 Å². The summed E-state index contributed by atoms with van der Waals surface area (Å²) < 4.78 is 5.81. The number of rotatable bonds is 2. The summed E-state index contributed by atoms with van der Waals surface area (Å²) in [5, 5.41) is 0. The van der Waals surface area contributed by atoms with Crippen molar-refractivity contribution in [1.29, 1.82) is 0 Å². The molecule has 0 aliphatic carbocycles. The summed E-state index contributed by atoms with van der Waals surface area (Å²) in [5.74, 6) is 1.68. The van der Waals surface area contributed by atoms with Crippen molar-refractivity contribution in [3.63, 3.8) is 0 Å². The van der Waals surface area contributed by atoms with E-state index in [2.05, 4.69) is 31.8 Å². The van der Waals surface area contributed by atoms with Gasteiger partial charge in [0.1, 0.15) is 11.9 Å². The maximum atomic E-state index is 5.93. The molecule has 0 bridgehead atoms. The zero-order chi connectivity index (χ0) is 12.5. The number of hydrogen-bond acceptors (Lipinski definition) is 2. The molecule has 1 heterocycles. The normalized spacial score (nSPS) is 19.9. The molecule has 1 aliphatic rings. The first-order valence-electron chi connectivity index (χ1n) is 6.02. The van der Waals surface area contributed by atoms with Crippen LogP contribution in [0.15, 0.2) is 29.3 Å². The largest absolute Gasteiger partial charge is 0.488 e. The number of hydrogen-bond donors (Lipinski definition) is 1. The van der Waals surface area contributed by atoms with Crippen molar-refractivity contribution in [3.05, 3.63) is 29.8 Å². The fraction of sp³-hybridized carbons (Fsp3) is 0.500. The maximum absolute atomic E-state index is 5.93. The van der Waals surface area contributed by atoms with E-state index in [0.717, 1.165) is 12.2 Å². The first-order chi connectivity index (χ1) is 7.97. The van der Waals surface area contributed by atoms with Crippen molar-refractivity contribution in [1.82, 2.24) is 0 Å². The SMILES string of the molecule is CC(C)(C)C(N)=NCC1Cc2ccccc2O1. The van der Waals surface area contributed by atoms with Gasteiger partial charge in [-0.05, 0) is 11.6 Å². The van der Waals surface area contributed by atoms with Crippen molar-refractivity contribution in [2.75, 3.05) is 6.54 Å². The molecule has 1 atom stereocenters. The van der Waals surface area contributed by atoms with Crippen molar-refractivity contribution in [2.24, 2.45) is 16.1 Å². The Hall–Kier alpha value is -1.51. The second-order valence-corrected chi connectivity index (χ2v) is 5.53. The van der Waals surface area contributed by atoms with Gasteiger partial charge in [-0.1, -0.05) is 39.0 Å². The van der Waals surface area contributed by atoms with Crippen LogP contribution in [0.5, 0.6) is 5.75 Å². The third-order valence-electron chi connectivity index (χ3n) is 2.95. The van der Waals surface area contributed by atoms with Crippen LogP contribution in [0.2, 0.25) is 0 Å². The molecule has 0 amide bonds. The predicted molar refractivity (Wildman–Crippen MR) is 70.5 cm³/mol. The number of aliphatic imine (C=N–C) groups is 1. The van der Waals surface area contributed by atoms with Crippen molar-refractivity contribution in [3.8, 4) is 5.75 Å². The fourth-order valence-electron chi connectivity index (χ4n) is 1.79. The van der Waals surface area contributed by atoms with E-state index in [4.69, 9.17) is 10.5 Å². The van der Waals surface area contributed by atoms with Crippen molar-refractivity contribution < 1.29 is 4.74 Å². The molecule has 2 rings (SSSR count). The number of para-hydroxylation sites is 1. The Bertz CT molecular complexity index is 407. The summed E-state index contributed by atoms with van der Waals surface area (Å²) in [6.07, 6.45) is 1.06. The lowest BCUT2D eigenvalue weighted by molar-refractivity contribution is 0.241. The predicted octanol–water partition coefficient (Wildman–Crippen LogP) is 2.39. The summed E-state index contributed by atoms with van der Waals surface area (Å²) in [5.41, 5.74) is 7.13. The summed E-state index contributed by atoms with van der Waals surface area (Å²) in [7, 11) is 0. The molecular weight excluding hydrogens is 212 g/mol. The quantitative estimate of drug-likeness (QED) is 0.628. The van der Waals surface area contributed by atoms with Crippen LogP contribution in [0.3, 0.4) is 0 Å². The van der Waals surface area contributed by atoms with Gasteiger partial charge in [0.25, 0.3) is 0 Å². The van der Waals surface area contributed by atoms with E-state index in [-0.39, 0.29) is 11.5 Å². The molecule has 3 heteroatoms. The third kappa shape index (κ3) is 2.78. The van der Waals surface area contributed by atoms with Crippen LogP contribution in [0.1, 0.15) is 26.3 Å². The molecule has 1 aromatic carbocycles. The van der Waals surface area contributed by atoms with Crippen molar-refractivity contribution >= 4 is 5.84 Å². The molecule has 0 radical (unpaired) electrons. The van der Waals surface area contributed by atoms with E-state index in [9.17, 15) is 0 Å². The van der Waals surface area contributed by atoms with Gasteiger partial charge in [0.2, 0.25) is 0 Å². The van der Waals surface area contributed by atoms with E-state index < -0.39 is 0 Å². The van der Waals surface area contributed by atoms with Crippen molar-refractivity contribution in [2.45, 2.75) is 33.3 Å². The highest BCUT2D eigenvalue weighted by Crippen LogP contribution is 2.28. The topological polar surface area (TPSA) is 47.6 Å². The minimum absolute atomic E-state index is 0.0640. The highest BCUT2D eigenvalue weighted by Gasteiger charge is 2.23. The summed E-state index contributed by atoms with van der Waals surface area (Å²) >= 11 is 0. The number of amidine groups is 1. The summed E-state index contributed by atoms with van der Waals surface area (Å²) in [6, 6.07) is 8.14. The zero-order valence-electron chi connectivity index (χ0n) is 10.7. The lowest BCUT2D eigenvalue weighted by atomic mass is 9.95. The number of benzene rings is 1. The van der Waals surface area contributed by atoms with Gasteiger partial charge in [0.05, 0.1) is 12.4 Å². The molecule has 3 nitrogen and oxygen atoms in total. The van der Waals surface area contributed by atoms with Crippen LogP contribution in [0.4, 0.5) is 0 Å². The Morgan fingerprint density at radius 1 is 1.41 bits per heavy atom. The Labute approximate surface area is 103 Å². The first-order valence-corrected chi connectivity index (χ1v) is 6.02. The highest BCUT2D eigenvalue weighted by atomic mass is 16.5. The minimum Gasteiger partial charge on any atom is -0.488 e. The number of nitrogens with zero attached hydrogens (tertiary/aromatic N) is 1. The molecule has 0 saturated heterocycles. The first kappa shape index (κ1) is 12.0. The lowest BCUT2D eigenvalue weighted by Crippen LogP contribution is -2.30. The van der Waals surface area contributed by atoms with Gasteiger partial charge in [-0.25, -0.2) is 0 Å². The summed E-state index contributed by atoms with van der Waals surface area (Å²) in [6.45, 7) is 6.83. The van der Waals surface area contributed by atoms with Crippen LogP contribution in [0, 0.1) is 5.41 Å². The maximum Gasteiger partial charge on any atom is 0.123 e. The average Bonchev–Trinajstić information content (AvgIpc) is 2.66. The van der Waals surface area contributed by atoms with E-state index in [1.807, 2.05) is 18.2 Å². The smallest absolute Gasteiger partial charge is 0.123 e. The number of fused-ring (bicyclic) bond motifs is 1. The molecule has 17 heavy (non-hydrogen) atoms. The van der Waals surface area contributed by atoms with Crippen LogP contribution >= 0.6 is 0 Å².